The van der Waals surface area contributed by atoms with Gasteiger partial charge in [-0.15, -0.1) is 0 Å². The standard InChI is InChI=1S/C14H23N3O3S/c18-13(11-10-21-9-3-15-11)17-4-1-2-12(17)14(19)16-5-7-20-8-6-16/h11-12,15H,1-10H2. The third-order valence-electron chi connectivity index (χ3n) is 4.36. The molecule has 0 spiro atoms. The highest BCUT2D eigenvalue weighted by Gasteiger charge is 2.39. The van der Waals surface area contributed by atoms with Crippen molar-refractivity contribution in [2.75, 3.05) is 50.9 Å². The summed E-state index contributed by atoms with van der Waals surface area (Å²) in [6.45, 7) is 4.09. The Kier molecular flexibility index (Phi) is 5.03. The molecule has 0 bridgehead atoms. The lowest BCUT2D eigenvalue weighted by molar-refractivity contribution is -0.147. The molecule has 0 aromatic rings. The Bertz CT molecular complexity index is 359. The van der Waals surface area contributed by atoms with Gasteiger partial charge in [-0.05, 0) is 12.8 Å². The van der Waals surface area contributed by atoms with Crippen molar-refractivity contribution in [3.05, 3.63) is 0 Å². The molecule has 2 unspecified atom stereocenters. The van der Waals surface area contributed by atoms with Gasteiger partial charge in [0.1, 0.15) is 6.04 Å². The first-order chi connectivity index (χ1) is 10.3. The number of ether oxygens (including phenoxy) is 1. The van der Waals surface area contributed by atoms with Gasteiger partial charge in [-0.3, -0.25) is 9.59 Å². The second kappa shape index (κ2) is 6.98. The number of carbonyl (C=O) groups excluding carboxylic acids is 2. The first-order valence-electron chi connectivity index (χ1n) is 7.75. The summed E-state index contributed by atoms with van der Waals surface area (Å²) in [5.41, 5.74) is 0. The Morgan fingerprint density at radius 3 is 2.67 bits per heavy atom. The summed E-state index contributed by atoms with van der Waals surface area (Å²) in [7, 11) is 0. The molecule has 118 valence electrons. The Labute approximate surface area is 129 Å². The number of carbonyl (C=O) groups is 2. The fourth-order valence-electron chi connectivity index (χ4n) is 3.21. The molecule has 3 saturated heterocycles. The van der Waals surface area contributed by atoms with E-state index in [-0.39, 0.29) is 23.9 Å². The zero-order valence-electron chi connectivity index (χ0n) is 12.3. The smallest absolute Gasteiger partial charge is 0.245 e. The van der Waals surface area contributed by atoms with Crippen LogP contribution in [-0.4, -0.2) is 84.6 Å². The molecular weight excluding hydrogens is 290 g/mol. The number of nitrogens with zero attached hydrogens (tertiary/aromatic N) is 2. The van der Waals surface area contributed by atoms with Gasteiger partial charge in [-0.1, -0.05) is 0 Å². The number of hydrogen-bond acceptors (Lipinski definition) is 5. The summed E-state index contributed by atoms with van der Waals surface area (Å²) in [4.78, 5) is 29.0. The Hall–Kier alpha value is -0.790. The van der Waals surface area contributed by atoms with Crippen LogP contribution < -0.4 is 5.32 Å². The molecule has 3 fully saturated rings. The molecule has 6 nitrogen and oxygen atoms in total. The van der Waals surface area contributed by atoms with Crippen LogP contribution >= 0.6 is 11.8 Å². The van der Waals surface area contributed by atoms with Gasteiger partial charge in [0, 0.05) is 37.7 Å². The molecule has 0 saturated carbocycles. The van der Waals surface area contributed by atoms with E-state index in [9.17, 15) is 9.59 Å². The highest BCUT2D eigenvalue weighted by molar-refractivity contribution is 7.99. The molecule has 3 aliphatic rings. The van der Waals surface area contributed by atoms with Crippen LogP contribution in [0.3, 0.4) is 0 Å². The Morgan fingerprint density at radius 1 is 1.14 bits per heavy atom. The van der Waals surface area contributed by atoms with E-state index in [2.05, 4.69) is 5.32 Å². The largest absolute Gasteiger partial charge is 0.378 e. The summed E-state index contributed by atoms with van der Waals surface area (Å²) < 4.78 is 5.29. The van der Waals surface area contributed by atoms with Crippen LogP contribution in [0, 0.1) is 0 Å². The van der Waals surface area contributed by atoms with Crippen molar-refractivity contribution >= 4 is 23.6 Å². The van der Waals surface area contributed by atoms with Gasteiger partial charge >= 0.3 is 0 Å². The van der Waals surface area contributed by atoms with Crippen LogP contribution in [0.4, 0.5) is 0 Å². The van der Waals surface area contributed by atoms with Crippen molar-refractivity contribution in [2.45, 2.75) is 24.9 Å². The summed E-state index contributed by atoms with van der Waals surface area (Å²) in [5, 5.41) is 3.28. The van der Waals surface area contributed by atoms with Crippen LogP contribution in [0.25, 0.3) is 0 Å². The highest BCUT2D eigenvalue weighted by atomic mass is 32.2. The lowest BCUT2D eigenvalue weighted by Gasteiger charge is -2.34. The number of amides is 2. The molecular formula is C14H23N3O3S. The zero-order valence-corrected chi connectivity index (χ0v) is 13.1. The maximum Gasteiger partial charge on any atom is 0.245 e. The summed E-state index contributed by atoms with van der Waals surface area (Å²) in [6, 6.07) is -0.383. The van der Waals surface area contributed by atoms with E-state index < -0.39 is 0 Å². The van der Waals surface area contributed by atoms with Crippen LogP contribution in [-0.2, 0) is 14.3 Å². The second-order valence-corrected chi connectivity index (χ2v) is 6.86. The molecule has 0 aliphatic carbocycles. The SMILES string of the molecule is O=C(C1CCCN1C(=O)C1CSCCN1)N1CCOCC1. The van der Waals surface area contributed by atoms with Crippen molar-refractivity contribution in [3.8, 4) is 0 Å². The first kappa shape index (κ1) is 15.1. The molecule has 0 aromatic carbocycles. The molecule has 3 aliphatic heterocycles. The predicted octanol–water partition coefficient (Wildman–Crippen LogP) is -0.459. The van der Waals surface area contributed by atoms with Gasteiger partial charge < -0.3 is 19.9 Å². The Morgan fingerprint density at radius 2 is 1.95 bits per heavy atom. The molecule has 0 aromatic heterocycles. The van der Waals surface area contributed by atoms with Gasteiger partial charge in [0.2, 0.25) is 11.8 Å². The van der Waals surface area contributed by atoms with E-state index in [4.69, 9.17) is 4.74 Å². The second-order valence-electron chi connectivity index (χ2n) is 5.71. The number of thioether (sulfide) groups is 1. The minimum Gasteiger partial charge on any atom is -0.378 e. The molecule has 3 heterocycles. The van der Waals surface area contributed by atoms with E-state index in [1.807, 2.05) is 4.90 Å². The van der Waals surface area contributed by atoms with E-state index in [0.29, 0.717) is 32.8 Å². The zero-order chi connectivity index (χ0) is 14.7. The first-order valence-corrected chi connectivity index (χ1v) is 8.91. The van der Waals surface area contributed by atoms with Crippen molar-refractivity contribution in [1.29, 1.82) is 0 Å². The number of nitrogens with one attached hydrogen (secondary N) is 1. The van der Waals surface area contributed by atoms with Crippen LogP contribution in [0.5, 0.6) is 0 Å². The predicted molar refractivity (Wildman–Crippen MR) is 81.2 cm³/mol. The molecule has 0 radical (unpaired) electrons. The lowest BCUT2D eigenvalue weighted by Crippen LogP contribution is -2.56. The maximum atomic E-state index is 12.7. The van der Waals surface area contributed by atoms with Gasteiger partial charge in [-0.2, -0.15) is 11.8 Å². The van der Waals surface area contributed by atoms with Crippen molar-refractivity contribution in [3.63, 3.8) is 0 Å². The molecule has 21 heavy (non-hydrogen) atoms. The molecule has 7 heteroatoms. The van der Waals surface area contributed by atoms with E-state index in [1.165, 1.54) is 0 Å². The minimum absolute atomic E-state index is 0.103. The third-order valence-corrected chi connectivity index (χ3v) is 5.43. The molecule has 2 amide bonds. The van der Waals surface area contributed by atoms with Gasteiger partial charge in [0.15, 0.2) is 0 Å². The van der Waals surface area contributed by atoms with Crippen LogP contribution in [0.2, 0.25) is 0 Å². The normalized spacial score (nSPS) is 30.5. The topological polar surface area (TPSA) is 61.9 Å². The maximum absolute atomic E-state index is 12.7. The minimum atomic E-state index is -0.260. The lowest BCUT2D eigenvalue weighted by atomic mass is 10.1. The van der Waals surface area contributed by atoms with Crippen molar-refractivity contribution in [2.24, 2.45) is 0 Å². The van der Waals surface area contributed by atoms with E-state index in [1.54, 1.807) is 16.7 Å². The average molecular weight is 313 g/mol. The number of likely N-dealkylation sites (tertiary alicyclic amines) is 1. The Balaban J connectivity index is 1.63. The fraction of sp³-hybridized carbons (Fsp3) is 0.857. The molecule has 1 N–H and O–H groups in total. The quantitative estimate of drug-likeness (QED) is 0.748. The summed E-state index contributed by atoms with van der Waals surface area (Å²) in [5.74, 6) is 2.08. The van der Waals surface area contributed by atoms with Crippen molar-refractivity contribution < 1.29 is 14.3 Å². The van der Waals surface area contributed by atoms with Gasteiger partial charge in [-0.25, -0.2) is 0 Å². The monoisotopic (exact) mass is 313 g/mol. The van der Waals surface area contributed by atoms with Crippen molar-refractivity contribution in [1.82, 2.24) is 15.1 Å². The summed E-state index contributed by atoms with van der Waals surface area (Å²) >= 11 is 1.81. The number of morpholine rings is 1. The number of rotatable bonds is 2. The number of hydrogen-bond donors (Lipinski definition) is 1. The van der Waals surface area contributed by atoms with Crippen LogP contribution in [0.15, 0.2) is 0 Å². The van der Waals surface area contributed by atoms with Crippen LogP contribution in [0.1, 0.15) is 12.8 Å². The van der Waals surface area contributed by atoms with E-state index >= 15 is 0 Å². The highest BCUT2D eigenvalue weighted by Crippen LogP contribution is 2.22. The molecule has 2 atom stereocenters. The fourth-order valence-corrected chi connectivity index (χ4v) is 4.13. The molecule has 3 rings (SSSR count). The summed E-state index contributed by atoms with van der Waals surface area (Å²) in [6.07, 6.45) is 1.72. The van der Waals surface area contributed by atoms with Gasteiger partial charge in [0.25, 0.3) is 0 Å². The third kappa shape index (κ3) is 3.35. The van der Waals surface area contributed by atoms with Gasteiger partial charge in [0.05, 0.1) is 19.3 Å². The van der Waals surface area contributed by atoms with E-state index in [0.717, 1.165) is 30.9 Å². The average Bonchev–Trinajstić information content (AvgIpc) is 3.04.